The predicted molar refractivity (Wildman–Crippen MR) is 67.7 cm³/mol. The van der Waals surface area contributed by atoms with Gasteiger partial charge in [-0.15, -0.1) is 0 Å². The number of nitriles is 1. The van der Waals surface area contributed by atoms with Gasteiger partial charge in [0.1, 0.15) is 10.9 Å². The number of hydrogen-bond acceptors (Lipinski definition) is 5. The van der Waals surface area contributed by atoms with Crippen molar-refractivity contribution in [2.75, 3.05) is 11.9 Å². The third-order valence-corrected chi connectivity index (χ3v) is 2.92. The molecular formula is C12H10FN3OS. The first-order chi connectivity index (χ1) is 8.72. The number of benzene rings is 1. The number of thiazole rings is 1. The molecule has 0 fully saturated rings. The lowest BCUT2D eigenvalue weighted by molar-refractivity contribution is 0.321. The SMILES string of the molecule is CCOc1ccc(Nc2ncc(C#N)s2)cc1F. The number of halogens is 1. The molecule has 0 aliphatic carbocycles. The Balaban J connectivity index is 2.15. The topological polar surface area (TPSA) is 57.9 Å². The van der Waals surface area contributed by atoms with Crippen molar-refractivity contribution in [2.45, 2.75) is 6.92 Å². The Morgan fingerprint density at radius 1 is 1.56 bits per heavy atom. The molecule has 0 radical (unpaired) electrons. The summed E-state index contributed by atoms with van der Waals surface area (Å²) in [6.07, 6.45) is 1.47. The summed E-state index contributed by atoms with van der Waals surface area (Å²) in [6.45, 7) is 2.21. The van der Waals surface area contributed by atoms with E-state index in [0.717, 1.165) is 0 Å². The van der Waals surface area contributed by atoms with Crippen LogP contribution in [0.2, 0.25) is 0 Å². The predicted octanol–water partition coefficient (Wildman–Crippen LogP) is 3.30. The Morgan fingerprint density at radius 3 is 3.00 bits per heavy atom. The van der Waals surface area contributed by atoms with Crippen molar-refractivity contribution in [3.63, 3.8) is 0 Å². The second-order valence-electron chi connectivity index (χ2n) is 3.34. The second-order valence-corrected chi connectivity index (χ2v) is 4.38. The zero-order valence-electron chi connectivity index (χ0n) is 9.61. The molecule has 6 heteroatoms. The van der Waals surface area contributed by atoms with Gasteiger partial charge in [0.25, 0.3) is 0 Å². The fourth-order valence-corrected chi connectivity index (χ4v) is 1.99. The number of aromatic nitrogens is 1. The molecule has 0 amide bonds. The molecule has 0 aliphatic heterocycles. The third-order valence-electron chi connectivity index (χ3n) is 2.10. The van der Waals surface area contributed by atoms with Crippen LogP contribution in [-0.2, 0) is 0 Å². The van der Waals surface area contributed by atoms with Gasteiger partial charge in [0.2, 0.25) is 0 Å². The van der Waals surface area contributed by atoms with E-state index in [2.05, 4.69) is 10.3 Å². The van der Waals surface area contributed by atoms with Crippen LogP contribution in [0.5, 0.6) is 5.75 Å². The maximum atomic E-state index is 13.6. The summed E-state index contributed by atoms with van der Waals surface area (Å²) >= 11 is 1.21. The van der Waals surface area contributed by atoms with Crippen LogP contribution in [-0.4, -0.2) is 11.6 Å². The van der Waals surface area contributed by atoms with Crippen LogP contribution in [0, 0.1) is 17.1 Å². The van der Waals surface area contributed by atoms with Crippen molar-refractivity contribution in [1.29, 1.82) is 5.26 Å². The average molecular weight is 263 g/mol. The fourth-order valence-electron chi connectivity index (χ4n) is 1.36. The molecule has 92 valence electrons. The van der Waals surface area contributed by atoms with E-state index in [4.69, 9.17) is 10.00 Å². The molecule has 0 unspecified atom stereocenters. The first-order valence-electron chi connectivity index (χ1n) is 5.28. The van der Waals surface area contributed by atoms with Crippen LogP contribution in [0.3, 0.4) is 0 Å². The van der Waals surface area contributed by atoms with Gasteiger partial charge >= 0.3 is 0 Å². The standard InChI is InChI=1S/C12H10FN3OS/c1-2-17-11-4-3-8(5-10(11)13)16-12-15-7-9(6-14)18-12/h3-5,7H,2H2,1H3,(H,15,16). The highest BCUT2D eigenvalue weighted by atomic mass is 32.1. The first kappa shape index (κ1) is 12.3. The fraction of sp³-hybridized carbons (Fsp3) is 0.167. The lowest BCUT2D eigenvalue weighted by Crippen LogP contribution is -1.96. The number of hydrogen-bond donors (Lipinski definition) is 1. The Morgan fingerprint density at radius 2 is 2.39 bits per heavy atom. The summed E-state index contributed by atoms with van der Waals surface area (Å²) in [4.78, 5) is 4.51. The van der Waals surface area contributed by atoms with Gasteiger partial charge in [-0.1, -0.05) is 11.3 Å². The van der Waals surface area contributed by atoms with Crippen LogP contribution in [0.15, 0.2) is 24.4 Å². The summed E-state index contributed by atoms with van der Waals surface area (Å²) in [7, 11) is 0. The van der Waals surface area contributed by atoms with E-state index in [0.29, 0.717) is 22.3 Å². The van der Waals surface area contributed by atoms with E-state index in [-0.39, 0.29) is 5.75 Å². The molecule has 1 heterocycles. The highest BCUT2D eigenvalue weighted by Crippen LogP contribution is 2.25. The van der Waals surface area contributed by atoms with Crippen LogP contribution in [0.1, 0.15) is 11.8 Å². The number of ether oxygens (including phenoxy) is 1. The van der Waals surface area contributed by atoms with Crippen molar-refractivity contribution >= 4 is 22.2 Å². The van der Waals surface area contributed by atoms with E-state index >= 15 is 0 Å². The quantitative estimate of drug-likeness (QED) is 0.919. The lowest BCUT2D eigenvalue weighted by atomic mass is 10.3. The molecule has 0 atom stereocenters. The normalized spacial score (nSPS) is 9.83. The summed E-state index contributed by atoms with van der Waals surface area (Å²) in [5.74, 6) is -0.209. The van der Waals surface area contributed by atoms with Crippen LogP contribution in [0.25, 0.3) is 0 Å². The van der Waals surface area contributed by atoms with Gasteiger partial charge in [-0.2, -0.15) is 5.26 Å². The number of nitrogens with one attached hydrogen (secondary N) is 1. The van der Waals surface area contributed by atoms with E-state index in [1.165, 1.54) is 23.6 Å². The molecular weight excluding hydrogens is 253 g/mol. The third kappa shape index (κ3) is 2.76. The maximum Gasteiger partial charge on any atom is 0.188 e. The molecule has 1 aromatic carbocycles. The average Bonchev–Trinajstić information content (AvgIpc) is 2.80. The summed E-state index contributed by atoms with van der Waals surface area (Å²) in [6, 6.07) is 6.58. The minimum absolute atomic E-state index is 0.222. The van der Waals surface area contributed by atoms with Gasteiger partial charge in [-0.3, -0.25) is 0 Å². The maximum absolute atomic E-state index is 13.6. The van der Waals surface area contributed by atoms with E-state index in [9.17, 15) is 4.39 Å². The van der Waals surface area contributed by atoms with Crippen LogP contribution < -0.4 is 10.1 Å². The van der Waals surface area contributed by atoms with E-state index in [1.807, 2.05) is 6.07 Å². The van der Waals surface area contributed by atoms with Crippen molar-refractivity contribution < 1.29 is 9.13 Å². The molecule has 1 aromatic heterocycles. The van der Waals surface area contributed by atoms with Crippen molar-refractivity contribution in [1.82, 2.24) is 4.98 Å². The van der Waals surface area contributed by atoms with Gasteiger partial charge in [-0.05, 0) is 19.1 Å². The smallest absolute Gasteiger partial charge is 0.188 e. The molecule has 0 saturated carbocycles. The Labute approximate surface area is 108 Å². The van der Waals surface area contributed by atoms with E-state index in [1.54, 1.807) is 19.1 Å². The monoisotopic (exact) mass is 263 g/mol. The van der Waals surface area contributed by atoms with Crippen molar-refractivity contribution in [3.05, 3.63) is 35.1 Å². The summed E-state index contributed by atoms with van der Waals surface area (Å²) < 4.78 is 18.7. The van der Waals surface area contributed by atoms with E-state index < -0.39 is 5.82 Å². The number of rotatable bonds is 4. The number of anilines is 2. The van der Waals surface area contributed by atoms with Crippen molar-refractivity contribution in [2.24, 2.45) is 0 Å². The van der Waals surface area contributed by atoms with Gasteiger partial charge in [0, 0.05) is 11.8 Å². The highest BCUT2D eigenvalue weighted by Gasteiger charge is 2.06. The van der Waals surface area contributed by atoms with Crippen LogP contribution in [0.4, 0.5) is 15.2 Å². The van der Waals surface area contributed by atoms with Gasteiger partial charge < -0.3 is 10.1 Å². The Kier molecular flexibility index (Phi) is 3.75. The molecule has 4 nitrogen and oxygen atoms in total. The first-order valence-corrected chi connectivity index (χ1v) is 6.10. The second kappa shape index (κ2) is 5.47. The molecule has 1 N–H and O–H groups in total. The van der Waals surface area contributed by atoms with Gasteiger partial charge in [0.15, 0.2) is 16.7 Å². The minimum atomic E-state index is -0.432. The minimum Gasteiger partial charge on any atom is -0.491 e. The zero-order valence-corrected chi connectivity index (χ0v) is 10.4. The largest absolute Gasteiger partial charge is 0.491 e. The lowest BCUT2D eigenvalue weighted by Gasteiger charge is -2.07. The summed E-state index contributed by atoms with van der Waals surface area (Å²) in [5, 5.41) is 12.2. The molecule has 0 saturated heterocycles. The highest BCUT2D eigenvalue weighted by molar-refractivity contribution is 7.16. The van der Waals surface area contributed by atoms with Crippen molar-refractivity contribution in [3.8, 4) is 11.8 Å². The Bertz CT molecular complexity index is 591. The van der Waals surface area contributed by atoms with Gasteiger partial charge in [-0.25, -0.2) is 9.37 Å². The molecule has 0 aliphatic rings. The molecule has 0 bridgehead atoms. The molecule has 2 aromatic rings. The molecule has 2 rings (SSSR count). The van der Waals surface area contributed by atoms with Gasteiger partial charge in [0.05, 0.1) is 12.8 Å². The summed E-state index contributed by atoms with van der Waals surface area (Å²) in [5.41, 5.74) is 0.565. The number of nitrogens with zero attached hydrogens (tertiary/aromatic N) is 2. The zero-order chi connectivity index (χ0) is 13.0. The Hall–Kier alpha value is -2.13. The molecule has 18 heavy (non-hydrogen) atoms. The molecule has 0 spiro atoms. The van der Waals surface area contributed by atoms with Crippen LogP contribution >= 0.6 is 11.3 Å².